The number of hydrogen-bond acceptors (Lipinski definition) is 5. The van der Waals surface area contributed by atoms with Gasteiger partial charge in [0.2, 0.25) is 12.7 Å². The molecule has 1 aliphatic heterocycles. The Morgan fingerprint density at radius 2 is 1.69 bits per heavy atom. The van der Waals surface area contributed by atoms with Crippen LogP contribution in [0.2, 0.25) is 0 Å². The molecule has 3 atom stereocenters. The minimum atomic E-state index is -1.18. The molecule has 3 aromatic carbocycles. The van der Waals surface area contributed by atoms with Crippen molar-refractivity contribution in [3.05, 3.63) is 95.7 Å². The Kier molecular flexibility index (Phi) is 6.60. The van der Waals surface area contributed by atoms with Gasteiger partial charge in [0.15, 0.2) is 11.5 Å². The van der Waals surface area contributed by atoms with Crippen molar-refractivity contribution in [3.63, 3.8) is 0 Å². The lowest BCUT2D eigenvalue weighted by Gasteiger charge is -2.25. The Labute approximate surface area is 207 Å². The summed E-state index contributed by atoms with van der Waals surface area (Å²) in [6.45, 7) is 0.0773. The molecule has 36 heavy (non-hydrogen) atoms. The minimum Gasteiger partial charge on any atom is -0.480 e. The summed E-state index contributed by atoms with van der Waals surface area (Å²) in [5.41, 5.74) is 3.04. The smallest absolute Gasteiger partial charge is 0.326 e. The van der Waals surface area contributed by atoms with Gasteiger partial charge in [0.1, 0.15) is 6.04 Å². The molecular formula is C28H26N2O6. The normalized spacial score (nSPS) is 14.8. The SMILES string of the molecule is O=C(N[C@@H](Cc1c[nH]c2ccccc12)C(=O)O)C(c1ccc2c(c1)OCO2)C(O)Cc1ccccc1. The number of aliphatic carboxylic acids is 1. The van der Waals surface area contributed by atoms with Crippen LogP contribution in [0.1, 0.15) is 22.6 Å². The molecule has 0 saturated heterocycles. The first-order valence-corrected chi connectivity index (χ1v) is 11.7. The van der Waals surface area contributed by atoms with Crippen molar-refractivity contribution >= 4 is 22.8 Å². The largest absolute Gasteiger partial charge is 0.480 e. The van der Waals surface area contributed by atoms with E-state index in [2.05, 4.69) is 10.3 Å². The Hall–Kier alpha value is -4.30. The molecule has 0 radical (unpaired) electrons. The van der Waals surface area contributed by atoms with E-state index >= 15 is 0 Å². The number of fused-ring (bicyclic) bond motifs is 2. The highest BCUT2D eigenvalue weighted by Gasteiger charge is 2.33. The van der Waals surface area contributed by atoms with Gasteiger partial charge in [-0.25, -0.2) is 4.79 Å². The third kappa shape index (κ3) is 4.89. The average molecular weight is 487 g/mol. The molecule has 0 saturated carbocycles. The minimum absolute atomic E-state index is 0.0773. The number of ether oxygens (including phenoxy) is 2. The van der Waals surface area contributed by atoms with E-state index < -0.39 is 29.9 Å². The molecule has 2 heterocycles. The Balaban J connectivity index is 1.42. The Bertz CT molecular complexity index is 1380. The van der Waals surface area contributed by atoms with Gasteiger partial charge in [0, 0.05) is 23.5 Å². The maximum atomic E-state index is 13.6. The third-order valence-electron chi connectivity index (χ3n) is 6.42. The summed E-state index contributed by atoms with van der Waals surface area (Å²) in [6.07, 6.45) is 0.962. The second-order valence-electron chi connectivity index (χ2n) is 8.81. The van der Waals surface area contributed by atoms with Crippen LogP contribution in [0.15, 0.2) is 79.0 Å². The van der Waals surface area contributed by atoms with Crippen molar-refractivity contribution < 1.29 is 29.3 Å². The summed E-state index contributed by atoms with van der Waals surface area (Å²) in [5.74, 6) is -1.73. The van der Waals surface area contributed by atoms with Crippen molar-refractivity contribution in [1.29, 1.82) is 0 Å². The fourth-order valence-corrected chi connectivity index (χ4v) is 4.61. The number of nitrogens with one attached hydrogen (secondary N) is 2. The van der Waals surface area contributed by atoms with Gasteiger partial charge >= 0.3 is 5.97 Å². The van der Waals surface area contributed by atoms with E-state index in [1.54, 1.807) is 24.4 Å². The molecular weight excluding hydrogens is 460 g/mol. The van der Waals surface area contributed by atoms with Gasteiger partial charge in [0.05, 0.1) is 12.0 Å². The van der Waals surface area contributed by atoms with Gasteiger partial charge in [-0.05, 0) is 41.3 Å². The van der Waals surface area contributed by atoms with Crippen LogP contribution < -0.4 is 14.8 Å². The predicted molar refractivity (Wildman–Crippen MR) is 133 cm³/mol. The number of carboxylic acids is 1. The number of carboxylic acid groups (broad SMARTS) is 1. The van der Waals surface area contributed by atoms with Crippen LogP contribution in [0.4, 0.5) is 0 Å². The van der Waals surface area contributed by atoms with Gasteiger partial charge in [-0.3, -0.25) is 4.79 Å². The molecule has 2 unspecified atom stereocenters. The highest BCUT2D eigenvalue weighted by Crippen LogP contribution is 2.36. The first kappa shape index (κ1) is 23.4. The van der Waals surface area contributed by atoms with Crippen LogP contribution >= 0.6 is 0 Å². The number of amides is 1. The van der Waals surface area contributed by atoms with Gasteiger partial charge in [0.25, 0.3) is 0 Å². The molecule has 8 heteroatoms. The average Bonchev–Trinajstić information content (AvgIpc) is 3.51. The quantitative estimate of drug-likeness (QED) is 0.288. The molecule has 184 valence electrons. The molecule has 0 bridgehead atoms. The first-order chi connectivity index (χ1) is 17.5. The molecule has 1 aliphatic rings. The highest BCUT2D eigenvalue weighted by molar-refractivity contribution is 5.90. The zero-order valence-corrected chi connectivity index (χ0v) is 19.4. The van der Waals surface area contributed by atoms with E-state index in [0.717, 1.165) is 22.0 Å². The van der Waals surface area contributed by atoms with Crippen molar-refractivity contribution in [1.82, 2.24) is 10.3 Å². The second kappa shape index (κ2) is 10.1. The van der Waals surface area contributed by atoms with Crippen molar-refractivity contribution in [2.75, 3.05) is 6.79 Å². The summed E-state index contributed by atoms with van der Waals surface area (Å²) >= 11 is 0. The fraction of sp³-hybridized carbons (Fsp3) is 0.214. The van der Waals surface area contributed by atoms with Crippen molar-refractivity contribution in [2.24, 2.45) is 0 Å². The third-order valence-corrected chi connectivity index (χ3v) is 6.42. The second-order valence-corrected chi connectivity index (χ2v) is 8.81. The van der Waals surface area contributed by atoms with E-state index in [-0.39, 0.29) is 19.6 Å². The number of aliphatic hydroxyl groups is 1. The lowest BCUT2D eigenvalue weighted by molar-refractivity contribution is -0.142. The zero-order chi connectivity index (χ0) is 25.1. The molecule has 0 aliphatic carbocycles. The standard InChI is InChI=1S/C28H26N2O6/c31-23(12-17-6-2-1-3-7-17)26(18-10-11-24-25(14-18)36-16-35-24)27(32)30-22(28(33)34)13-19-15-29-21-9-5-4-8-20(19)21/h1-11,14-15,22-23,26,29,31H,12-13,16H2,(H,30,32)(H,33,34)/t22-,23?,26?/m0/s1. The van der Waals surface area contributed by atoms with E-state index in [1.165, 1.54) is 0 Å². The molecule has 1 aromatic heterocycles. The van der Waals surface area contributed by atoms with Gasteiger partial charge in [-0.1, -0.05) is 54.6 Å². The summed E-state index contributed by atoms with van der Waals surface area (Å²) in [4.78, 5) is 28.8. The van der Waals surface area contributed by atoms with Crippen LogP contribution in [-0.4, -0.2) is 46.0 Å². The topological polar surface area (TPSA) is 121 Å². The fourth-order valence-electron chi connectivity index (χ4n) is 4.61. The van der Waals surface area contributed by atoms with Crippen LogP contribution in [0, 0.1) is 0 Å². The molecule has 1 amide bonds. The molecule has 5 rings (SSSR count). The van der Waals surface area contributed by atoms with E-state index in [1.807, 2.05) is 54.6 Å². The lowest BCUT2D eigenvalue weighted by Crippen LogP contribution is -2.46. The monoisotopic (exact) mass is 486 g/mol. The maximum Gasteiger partial charge on any atom is 0.326 e. The lowest BCUT2D eigenvalue weighted by atomic mass is 9.88. The van der Waals surface area contributed by atoms with Crippen LogP contribution in [0.3, 0.4) is 0 Å². The number of carbonyl (C=O) groups is 2. The van der Waals surface area contributed by atoms with E-state index in [4.69, 9.17) is 9.47 Å². The number of H-pyrrole nitrogens is 1. The van der Waals surface area contributed by atoms with Crippen molar-refractivity contribution in [2.45, 2.75) is 30.9 Å². The molecule has 4 N–H and O–H groups in total. The molecule has 4 aromatic rings. The number of carbonyl (C=O) groups excluding carboxylic acids is 1. The van der Waals surface area contributed by atoms with E-state index in [9.17, 15) is 19.8 Å². The number of rotatable bonds is 9. The van der Waals surface area contributed by atoms with Crippen LogP contribution in [0.25, 0.3) is 10.9 Å². The molecule has 0 spiro atoms. The van der Waals surface area contributed by atoms with E-state index in [0.29, 0.717) is 17.1 Å². The summed E-state index contributed by atoms with van der Waals surface area (Å²) < 4.78 is 10.8. The number of aromatic amines is 1. The van der Waals surface area contributed by atoms with Crippen molar-refractivity contribution in [3.8, 4) is 11.5 Å². The highest BCUT2D eigenvalue weighted by atomic mass is 16.7. The predicted octanol–water partition coefficient (Wildman–Crippen LogP) is 3.40. The maximum absolute atomic E-state index is 13.6. The molecule has 0 fully saturated rings. The van der Waals surface area contributed by atoms with Crippen LogP contribution in [-0.2, 0) is 22.4 Å². The van der Waals surface area contributed by atoms with Crippen LogP contribution in [0.5, 0.6) is 11.5 Å². The zero-order valence-electron chi connectivity index (χ0n) is 19.4. The number of aliphatic hydroxyl groups excluding tert-OH is 1. The van der Waals surface area contributed by atoms with Gasteiger partial charge < -0.3 is 30.0 Å². The Morgan fingerprint density at radius 3 is 2.50 bits per heavy atom. The summed E-state index contributed by atoms with van der Waals surface area (Å²) in [6, 6.07) is 20.8. The summed E-state index contributed by atoms with van der Waals surface area (Å²) in [7, 11) is 0. The molecule has 8 nitrogen and oxygen atoms in total. The summed E-state index contributed by atoms with van der Waals surface area (Å²) in [5, 5.41) is 24.7. The number of benzene rings is 3. The number of para-hydroxylation sites is 1. The number of hydrogen-bond donors (Lipinski definition) is 4. The first-order valence-electron chi connectivity index (χ1n) is 11.7. The Morgan fingerprint density at radius 1 is 0.944 bits per heavy atom. The van der Waals surface area contributed by atoms with Gasteiger partial charge in [-0.2, -0.15) is 0 Å². The number of aromatic nitrogens is 1. The van der Waals surface area contributed by atoms with Gasteiger partial charge in [-0.15, -0.1) is 0 Å².